The van der Waals surface area contributed by atoms with Crippen LogP contribution in [-0.4, -0.2) is 66.1 Å². The van der Waals surface area contributed by atoms with Gasteiger partial charge in [0.15, 0.2) is 0 Å². The first-order chi connectivity index (χ1) is 17.7. The van der Waals surface area contributed by atoms with E-state index in [0.29, 0.717) is 0 Å². The van der Waals surface area contributed by atoms with Crippen molar-refractivity contribution in [3.8, 4) is 16.9 Å². The molecule has 1 fully saturated rings. The van der Waals surface area contributed by atoms with E-state index in [2.05, 4.69) is 94.4 Å². The van der Waals surface area contributed by atoms with E-state index in [9.17, 15) is 0 Å². The standard InChI is InChI=1S/C31H38N4O/c1-3-4-5-6-7-8-25-15-16-32-31-30(25)28-23-26(11-14-29(28)33-31)24-9-12-27(13-10-24)36-22-21-35-19-17-34(2)18-20-35/h7-16,23H,3-6,17-22H2,1-2H3,(H,32,33)/b8-7+. The molecule has 1 saturated heterocycles. The molecule has 2 aromatic carbocycles. The summed E-state index contributed by atoms with van der Waals surface area (Å²) in [5.74, 6) is 0.931. The zero-order chi connectivity index (χ0) is 24.7. The second kappa shape index (κ2) is 11.7. The molecule has 36 heavy (non-hydrogen) atoms. The third-order valence-corrected chi connectivity index (χ3v) is 7.26. The number of hydrogen-bond donors (Lipinski definition) is 1. The molecule has 0 atom stereocenters. The normalized spacial score (nSPS) is 15.4. The first kappa shape index (κ1) is 24.5. The number of fused-ring (bicyclic) bond motifs is 3. The molecular formula is C31H38N4O. The molecular weight excluding hydrogens is 444 g/mol. The van der Waals surface area contributed by atoms with Gasteiger partial charge in [-0.15, -0.1) is 0 Å². The van der Waals surface area contributed by atoms with Crippen molar-refractivity contribution in [2.45, 2.75) is 32.6 Å². The predicted molar refractivity (Wildman–Crippen MR) is 152 cm³/mol. The highest BCUT2D eigenvalue weighted by atomic mass is 16.5. The van der Waals surface area contributed by atoms with Crippen LogP contribution in [0.3, 0.4) is 0 Å². The molecule has 5 heteroatoms. The zero-order valence-corrected chi connectivity index (χ0v) is 21.7. The van der Waals surface area contributed by atoms with Gasteiger partial charge in [-0.3, -0.25) is 4.90 Å². The van der Waals surface area contributed by atoms with Gasteiger partial charge in [0, 0.05) is 55.2 Å². The van der Waals surface area contributed by atoms with Gasteiger partial charge in [0.05, 0.1) is 0 Å². The van der Waals surface area contributed by atoms with E-state index in [4.69, 9.17) is 4.74 Å². The number of unbranched alkanes of at least 4 members (excludes halogenated alkanes) is 3. The lowest BCUT2D eigenvalue weighted by Gasteiger charge is -2.32. The molecule has 1 N–H and O–H groups in total. The molecule has 0 radical (unpaired) electrons. The number of allylic oxidation sites excluding steroid dienone is 1. The van der Waals surface area contributed by atoms with Gasteiger partial charge in [-0.25, -0.2) is 4.98 Å². The lowest BCUT2D eigenvalue weighted by atomic mass is 10.0. The van der Waals surface area contributed by atoms with Gasteiger partial charge in [-0.2, -0.15) is 0 Å². The molecule has 1 aliphatic heterocycles. The van der Waals surface area contributed by atoms with Crippen LogP contribution in [0.2, 0.25) is 0 Å². The van der Waals surface area contributed by atoms with Crippen molar-refractivity contribution in [1.29, 1.82) is 0 Å². The van der Waals surface area contributed by atoms with Gasteiger partial charge >= 0.3 is 0 Å². The van der Waals surface area contributed by atoms with Crippen LogP contribution in [0.1, 0.15) is 38.2 Å². The summed E-state index contributed by atoms with van der Waals surface area (Å²) in [5.41, 5.74) is 5.69. The van der Waals surface area contributed by atoms with Crippen molar-refractivity contribution in [1.82, 2.24) is 19.8 Å². The van der Waals surface area contributed by atoms with E-state index in [1.807, 2.05) is 6.20 Å². The van der Waals surface area contributed by atoms with Crippen LogP contribution in [0.5, 0.6) is 5.75 Å². The first-order valence-electron chi connectivity index (χ1n) is 13.4. The third-order valence-electron chi connectivity index (χ3n) is 7.26. The van der Waals surface area contributed by atoms with Crippen LogP contribution >= 0.6 is 0 Å². The fraction of sp³-hybridized carbons (Fsp3) is 0.387. The Bertz CT molecular complexity index is 1300. The van der Waals surface area contributed by atoms with Crippen molar-refractivity contribution >= 4 is 28.0 Å². The Kier molecular flexibility index (Phi) is 7.99. The summed E-state index contributed by atoms with van der Waals surface area (Å²) in [6.45, 7) is 8.49. The molecule has 0 amide bonds. The number of aromatic amines is 1. The van der Waals surface area contributed by atoms with Crippen molar-refractivity contribution in [3.05, 3.63) is 66.4 Å². The van der Waals surface area contributed by atoms with E-state index >= 15 is 0 Å². The Hall–Kier alpha value is -3.15. The quantitative estimate of drug-likeness (QED) is 0.259. The summed E-state index contributed by atoms with van der Waals surface area (Å²) in [5, 5.41) is 2.42. The van der Waals surface area contributed by atoms with E-state index in [1.165, 1.54) is 46.7 Å². The number of nitrogens with zero attached hydrogens (tertiary/aromatic N) is 3. The minimum Gasteiger partial charge on any atom is -0.492 e. The number of nitrogens with one attached hydrogen (secondary N) is 1. The molecule has 2 aromatic heterocycles. The highest BCUT2D eigenvalue weighted by molar-refractivity contribution is 6.10. The van der Waals surface area contributed by atoms with Crippen LogP contribution in [0, 0.1) is 0 Å². The van der Waals surface area contributed by atoms with Crippen LogP contribution in [0.4, 0.5) is 0 Å². The SMILES string of the molecule is CCCCC/C=C/c1ccnc2[nH]c3ccc(-c4ccc(OCCN5CCN(C)CC5)cc4)cc3c12. The number of likely N-dealkylation sites (N-methyl/N-ethyl adjacent to an activating group) is 1. The number of pyridine rings is 1. The molecule has 0 spiro atoms. The predicted octanol–water partition coefficient (Wildman–Crippen LogP) is 6.60. The Morgan fingerprint density at radius 1 is 0.972 bits per heavy atom. The first-order valence-corrected chi connectivity index (χ1v) is 13.4. The summed E-state index contributed by atoms with van der Waals surface area (Å²) < 4.78 is 6.04. The molecule has 0 bridgehead atoms. The summed E-state index contributed by atoms with van der Waals surface area (Å²) in [4.78, 5) is 13.0. The lowest BCUT2D eigenvalue weighted by molar-refractivity contribution is 0.134. The number of aromatic nitrogens is 2. The number of H-pyrrole nitrogens is 1. The second-order valence-electron chi connectivity index (χ2n) is 9.93. The molecule has 5 nitrogen and oxygen atoms in total. The van der Waals surface area contributed by atoms with Crippen LogP contribution in [-0.2, 0) is 0 Å². The van der Waals surface area contributed by atoms with Gasteiger partial charge in [0.2, 0.25) is 0 Å². The molecule has 3 heterocycles. The smallest absolute Gasteiger partial charge is 0.138 e. The van der Waals surface area contributed by atoms with E-state index in [-0.39, 0.29) is 0 Å². The average Bonchev–Trinajstić information content (AvgIpc) is 3.29. The molecule has 1 aliphatic rings. The molecule has 0 unspecified atom stereocenters. The molecule has 4 aromatic rings. The molecule has 0 saturated carbocycles. The van der Waals surface area contributed by atoms with Gasteiger partial charge in [0.25, 0.3) is 0 Å². The van der Waals surface area contributed by atoms with Crippen LogP contribution in [0.15, 0.2) is 60.8 Å². The maximum absolute atomic E-state index is 6.04. The van der Waals surface area contributed by atoms with Crippen molar-refractivity contribution in [2.75, 3.05) is 46.4 Å². The van der Waals surface area contributed by atoms with E-state index in [0.717, 1.165) is 62.7 Å². The Morgan fingerprint density at radius 2 is 1.78 bits per heavy atom. The number of hydrogen-bond acceptors (Lipinski definition) is 4. The fourth-order valence-electron chi connectivity index (χ4n) is 4.99. The molecule has 0 aliphatic carbocycles. The highest BCUT2D eigenvalue weighted by Crippen LogP contribution is 2.32. The van der Waals surface area contributed by atoms with Crippen LogP contribution < -0.4 is 4.74 Å². The fourth-order valence-corrected chi connectivity index (χ4v) is 4.99. The van der Waals surface area contributed by atoms with Gasteiger partial charge in [-0.1, -0.05) is 50.1 Å². The number of ether oxygens (including phenoxy) is 1. The van der Waals surface area contributed by atoms with Crippen molar-refractivity contribution in [2.24, 2.45) is 0 Å². The highest BCUT2D eigenvalue weighted by Gasteiger charge is 2.13. The van der Waals surface area contributed by atoms with E-state index in [1.54, 1.807) is 0 Å². The summed E-state index contributed by atoms with van der Waals surface area (Å²) in [7, 11) is 2.19. The Morgan fingerprint density at radius 3 is 2.58 bits per heavy atom. The van der Waals surface area contributed by atoms with Gasteiger partial charge in [0.1, 0.15) is 18.0 Å². The van der Waals surface area contributed by atoms with Gasteiger partial charge in [-0.05, 0) is 66.9 Å². The third kappa shape index (κ3) is 5.80. The summed E-state index contributed by atoms with van der Waals surface area (Å²) >= 11 is 0. The topological polar surface area (TPSA) is 44.4 Å². The maximum Gasteiger partial charge on any atom is 0.138 e. The molecule has 188 valence electrons. The van der Waals surface area contributed by atoms with E-state index < -0.39 is 0 Å². The Balaban J connectivity index is 1.29. The zero-order valence-electron chi connectivity index (χ0n) is 21.7. The van der Waals surface area contributed by atoms with Gasteiger partial charge < -0.3 is 14.6 Å². The number of piperazine rings is 1. The lowest BCUT2D eigenvalue weighted by Crippen LogP contribution is -2.45. The largest absolute Gasteiger partial charge is 0.492 e. The summed E-state index contributed by atoms with van der Waals surface area (Å²) in [6.07, 6.45) is 11.4. The van der Waals surface area contributed by atoms with Crippen LogP contribution in [0.25, 0.3) is 39.1 Å². The monoisotopic (exact) mass is 482 g/mol. The van der Waals surface area contributed by atoms with Crippen molar-refractivity contribution in [3.63, 3.8) is 0 Å². The van der Waals surface area contributed by atoms with Crippen molar-refractivity contribution < 1.29 is 4.74 Å². The maximum atomic E-state index is 6.04. The molecule has 5 rings (SSSR count). The second-order valence-corrected chi connectivity index (χ2v) is 9.93. The minimum atomic E-state index is 0.728. The summed E-state index contributed by atoms with van der Waals surface area (Å²) in [6, 6.07) is 17.3. The Labute approximate surface area is 214 Å². The average molecular weight is 483 g/mol. The number of benzene rings is 2. The number of rotatable bonds is 10. The minimum absolute atomic E-state index is 0.728.